The number of aliphatic carboxylic acids is 1. The van der Waals surface area contributed by atoms with Crippen LogP contribution in [-0.2, 0) is 9.53 Å². The van der Waals surface area contributed by atoms with Gasteiger partial charge in [0.1, 0.15) is 0 Å². The van der Waals surface area contributed by atoms with Crippen LogP contribution >= 0.6 is 0 Å². The van der Waals surface area contributed by atoms with E-state index in [0.29, 0.717) is 13.2 Å². The summed E-state index contributed by atoms with van der Waals surface area (Å²) in [6, 6.07) is 0.00690. The summed E-state index contributed by atoms with van der Waals surface area (Å²) in [5.74, 6) is -1.15. The van der Waals surface area contributed by atoms with Crippen LogP contribution in [-0.4, -0.2) is 48.8 Å². The molecule has 0 aromatic heterocycles. The fourth-order valence-corrected chi connectivity index (χ4v) is 1.67. The zero-order valence-electron chi connectivity index (χ0n) is 8.48. The van der Waals surface area contributed by atoms with Crippen LogP contribution in [0, 0.1) is 5.92 Å². The fraction of sp³-hybridized carbons (Fsp3) is 0.700. The van der Waals surface area contributed by atoms with Crippen LogP contribution < -0.4 is 0 Å². The minimum absolute atomic E-state index is 0.00690. The Morgan fingerprint density at radius 1 is 1.71 bits per heavy atom. The van der Waals surface area contributed by atoms with E-state index < -0.39 is 5.97 Å². The van der Waals surface area contributed by atoms with Crippen LogP contribution in [0.4, 0.5) is 0 Å². The molecular formula is C10H17NO3. The van der Waals surface area contributed by atoms with Gasteiger partial charge in [0.25, 0.3) is 0 Å². The van der Waals surface area contributed by atoms with Gasteiger partial charge in [-0.05, 0) is 13.5 Å². The molecule has 4 heteroatoms. The van der Waals surface area contributed by atoms with Crippen molar-refractivity contribution in [3.8, 4) is 0 Å². The van der Waals surface area contributed by atoms with Crippen molar-refractivity contribution in [1.82, 2.24) is 4.90 Å². The number of carboxylic acid groups (broad SMARTS) is 1. The topological polar surface area (TPSA) is 49.8 Å². The average Bonchev–Trinajstić information content (AvgIpc) is 2.62. The Morgan fingerprint density at radius 2 is 2.43 bits per heavy atom. The highest BCUT2D eigenvalue weighted by atomic mass is 16.5. The summed E-state index contributed by atoms with van der Waals surface area (Å²) in [7, 11) is 1.93. The predicted octanol–water partition coefficient (Wildman–Crippen LogP) is 0.594. The molecule has 0 aromatic rings. The summed E-state index contributed by atoms with van der Waals surface area (Å²) >= 11 is 0. The first-order valence-corrected chi connectivity index (χ1v) is 4.78. The molecule has 1 N–H and O–H groups in total. The van der Waals surface area contributed by atoms with Gasteiger partial charge in [-0.3, -0.25) is 9.69 Å². The molecule has 2 unspecified atom stereocenters. The lowest BCUT2D eigenvalue weighted by Gasteiger charge is -2.25. The third kappa shape index (κ3) is 2.56. The number of ether oxygens (including phenoxy) is 1. The van der Waals surface area contributed by atoms with Crippen LogP contribution in [0.1, 0.15) is 6.42 Å². The van der Waals surface area contributed by atoms with Crippen LogP contribution in [0.5, 0.6) is 0 Å². The Morgan fingerprint density at radius 3 is 3.00 bits per heavy atom. The number of carbonyl (C=O) groups is 1. The van der Waals surface area contributed by atoms with E-state index in [1.165, 1.54) is 0 Å². The predicted molar refractivity (Wildman–Crippen MR) is 53.2 cm³/mol. The molecule has 2 atom stereocenters. The van der Waals surface area contributed by atoms with Gasteiger partial charge in [-0.2, -0.15) is 0 Å². The number of nitrogens with zero attached hydrogens (tertiary/aromatic N) is 1. The Hall–Kier alpha value is -0.870. The van der Waals surface area contributed by atoms with Crippen molar-refractivity contribution >= 4 is 5.97 Å². The first-order valence-electron chi connectivity index (χ1n) is 4.78. The molecule has 0 saturated carbocycles. The van der Waals surface area contributed by atoms with Crippen molar-refractivity contribution < 1.29 is 14.6 Å². The summed E-state index contributed by atoms with van der Waals surface area (Å²) in [5.41, 5.74) is 0. The van der Waals surface area contributed by atoms with Crippen molar-refractivity contribution in [2.45, 2.75) is 12.5 Å². The molecule has 0 amide bonds. The lowest BCUT2D eigenvalue weighted by atomic mass is 10.0. The molecule has 14 heavy (non-hydrogen) atoms. The highest BCUT2D eigenvalue weighted by molar-refractivity contribution is 5.71. The molecule has 1 aliphatic heterocycles. The summed E-state index contributed by atoms with van der Waals surface area (Å²) in [4.78, 5) is 12.9. The molecule has 4 nitrogen and oxygen atoms in total. The first-order chi connectivity index (χ1) is 6.66. The lowest BCUT2D eigenvalue weighted by Crippen LogP contribution is -2.41. The maximum Gasteiger partial charge on any atom is 0.310 e. The normalized spacial score (nSPS) is 26.7. The Kier molecular flexibility index (Phi) is 4.10. The average molecular weight is 199 g/mol. The van der Waals surface area contributed by atoms with Crippen molar-refractivity contribution in [3.63, 3.8) is 0 Å². The number of hydrogen-bond acceptors (Lipinski definition) is 3. The molecule has 80 valence electrons. The summed E-state index contributed by atoms with van der Waals surface area (Å²) < 4.78 is 5.18. The van der Waals surface area contributed by atoms with E-state index in [1.807, 2.05) is 18.0 Å². The van der Waals surface area contributed by atoms with Crippen molar-refractivity contribution in [1.29, 1.82) is 0 Å². The summed E-state index contributed by atoms with van der Waals surface area (Å²) in [6.07, 6.45) is 2.71. The van der Waals surface area contributed by atoms with E-state index >= 15 is 0 Å². The minimum atomic E-state index is -0.766. The van der Waals surface area contributed by atoms with Gasteiger partial charge in [-0.1, -0.05) is 6.08 Å². The molecule has 1 saturated heterocycles. The Bertz CT molecular complexity index is 217. The van der Waals surface area contributed by atoms with Crippen molar-refractivity contribution in [3.05, 3.63) is 12.7 Å². The van der Waals surface area contributed by atoms with E-state index in [0.717, 1.165) is 13.0 Å². The van der Waals surface area contributed by atoms with E-state index in [-0.39, 0.29) is 12.0 Å². The fourth-order valence-electron chi connectivity index (χ4n) is 1.67. The maximum atomic E-state index is 10.9. The second-order valence-electron chi connectivity index (χ2n) is 3.61. The van der Waals surface area contributed by atoms with Crippen LogP contribution in [0.3, 0.4) is 0 Å². The van der Waals surface area contributed by atoms with Crippen molar-refractivity contribution in [2.75, 3.05) is 26.8 Å². The van der Waals surface area contributed by atoms with Gasteiger partial charge >= 0.3 is 5.97 Å². The third-order valence-electron chi connectivity index (χ3n) is 2.62. The number of likely N-dealkylation sites (N-methyl/N-ethyl adjacent to an activating group) is 1. The molecule has 0 aromatic carbocycles. The minimum Gasteiger partial charge on any atom is -0.481 e. The van der Waals surface area contributed by atoms with Crippen molar-refractivity contribution in [2.24, 2.45) is 5.92 Å². The smallest absolute Gasteiger partial charge is 0.310 e. The number of hydrogen-bond donors (Lipinski definition) is 1. The quantitative estimate of drug-likeness (QED) is 0.658. The SMILES string of the molecule is C=CCCN(C)C1COCC1C(=O)O. The van der Waals surface area contributed by atoms with Gasteiger partial charge in [0.05, 0.1) is 19.1 Å². The first kappa shape index (κ1) is 11.2. The van der Waals surface area contributed by atoms with Crippen LogP contribution in [0.25, 0.3) is 0 Å². The van der Waals surface area contributed by atoms with Gasteiger partial charge in [0, 0.05) is 12.6 Å². The Labute approximate surface area is 84.2 Å². The van der Waals surface area contributed by atoms with Crippen LogP contribution in [0.15, 0.2) is 12.7 Å². The maximum absolute atomic E-state index is 10.9. The highest BCUT2D eigenvalue weighted by Gasteiger charge is 2.36. The molecule has 0 aliphatic carbocycles. The number of rotatable bonds is 5. The monoisotopic (exact) mass is 199 g/mol. The highest BCUT2D eigenvalue weighted by Crippen LogP contribution is 2.18. The second kappa shape index (κ2) is 5.12. The van der Waals surface area contributed by atoms with Crippen LogP contribution in [0.2, 0.25) is 0 Å². The molecule has 1 rings (SSSR count). The summed E-state index contributed by atoms with van der Waals surface area (Å²) in [6.45, 7) is 5.32. The van der Waals surface area contributed by atoms with Gasteiger partial charge in [-0.15, -0.1) is 6.58 Å². The standard InChI is InChI=1S/C10H17NO3/c1-3-4-5-11(2)9-7-14-6-8(9)10(12)13/h3,8-9H,1,4-7H2,2H3,(H,12,13). The van der Waals surface area contributed by atoms with E-state index in [4.69, 9.17) is 9.84 Å². The van der Waals surface area contributed by atoms with E-state index in [2.05, 4.69) is 6.58 Å². The van der Waals surface area contributed by atoms with Gasteiger partial charge < -0.3 is 9.84 Å². The molecule has 0 spiro atoms. The van der Waals surface area contributed by atoms with Gasteiger partial charge in [-0.25, -0.2) is 0 Å². The lowest BCUT2D eigenvalue weighted by molar-refractivity contribution is -0.143. The second-order valence-corrected chi connectivity index (χ2v) is 3.61. The van der Waals surface area contributed by atoms with Gasteiger partial charge in [0.15, 0.2) is 0 Å². The zero-order chi connectivity index (χ0) is 10.6. The van der Waals surface area contributed by atoms with E-state index in [1.54, 1.807) is 0 Å². The molecule has 0 radical (unpaired) electrons. The molecule has 1 heterocycles. The van der Waals surface area contributed by atoms with Gasteiger partial charge in [0.2, 0.25) is 0 Å². The third-order valence-corrected chi connectivity index (χ3v) is 2.62. The molecular weight excluding hydrogens is 182 g/mol. The Balaban J connectivity index is 2.48. The number of carboxylic acids is 1. The summed E-state index contributed by atoms with van der Waals surface area (Å²) in [5, 5.41) is 8.93. The molecule has 1 fully saturated rings. The van der Waals surface area contributed by atoms with E-state index in [9.17, 15) is 4.79 Å². The molecule has 1 aliphatic rings. The zero-order valence-corrected chi connectivity index (χ0v) is 8.48. The molecule has 0 bridgehead atoms. The largest absolute Gasteiger partial charge is 0.481 e.